The highest BCUT2D eigenvalue weighted by Crippen LogP contribution is 2.22. The van der Waals surface area contributed by atoms with E-state index >= 15 is 0 Å². The molecule has 0 heterocycles. The first kappa shape index (κ1) is 10.3. The molecule has 1 aliphatic rings. The molecule has 1 aliphatic carbocycles. The van der Waals surface area contributed by atoms with Crippen molar-refractivity contribution >= 4 is 11.6 Å². The molecule has 0 aromatic heterocycles. The molecule has 2 heteroatoms. The number of hydrogen-bond donors (Lipinski definition) is 1. The van der Waals surface area contributed by atoms with Gasteiger partial charge in [-0.2, -0.15) is 0 Å². The topological polar surface area (TPSA) is 12.0 Å². The van der Waals surface area contributed by atoms with Crippen LogP contribution in [0.3, 0.4) is 0 Å². The lowest BCUT2D eigenvalue weighted by Crippen LogP contribution is -2.40. The zero-order chi connectivity index (χ0) is 8.97. The Morgan fingerprint density at radius 3 is 2.50 bits per heavy atom. The fourth-order valence-corrected chi connectivity index (χ4v) is 2.23. The first-order valence-corrected chi connectivity index (χ1v) is 5.54. The maximum Gasteiger partial charge on any atom is 0.0489 e. The summed E-state index contributed by atoms with van der Waals surface area (Å²) in [6.45, 7) is 4.38. The lowest BCUT2D eigenvalue weighted by molar-refractivity contribution is 0.427. The predicted molar refractivity (Wildman–Crippen MR) is 54.8 cm³/mol. The van der Waals surface area contributed by atoms with Crippen LogP contribution in [0.1, 0.15) is 46.0 Å². The van der Waals surface area contributed by atoms with Crippen molar-refractivity contribution in [3.8, 4) is 0 Å². The van der Waals surface area contributed by atoms with E-state index in [4.69, 9.17) is 11.6 Å². The van der Waals surface area contributed by atoms with E-state index in [2.05, 4.69) is 19.2 Å². The van der Waals surface area contributed by atoms with E-state index in [0.29, 0.717) is 17.5 Å². The zero-order valence-electron chi connectivity index (χ0n) is 8.15. The van der Waals surface area contributed by atoms with E-state index in [0.717, 1.165) is 0 Å². The van der Waals surface area contributed by atoms with Crippen LogP contribution in [0, 0.1) is 0 Å². The van der Waals surface area contributed by atoms with Gasteiger partial charge in [-0.25, -0.2) is 0 Å². The van der Waals surface area contributed by atoms with Crippen molar-refractivity contribution in [1.82, 2.24) is 5.32 Å². The molecule has 0 amide bonds. The molecular formula is C10H20ClN. The molecule has 1 fully saturated rings. The molecule has 1 saturated carbocycles. The van der Waals surface area contributed by atoms with Gasteiger partial charge >= 0.3 is 0 Å². The fourth-order valence-electron chi connectivity index (χ4n) is 1.88. The number of halogens is 1. The highest BCUT2D eigenvalue weighted by atomic mass is 35.5. The molecule has 12 heavy (non-hydrogen) atoms. The van der Waals surface area contributed by atoms with Gasteiger partial charge < -0.3 is 5.32 Å². The van der Waals surface area contributed by atoms with E-state index in [9.17, 15) is 0 Å². The number of nitrogens with one attached hydrogen (secondary N) is 1. The number of hydrogen-bond acceptors (Lipinski definition) is 1. The van der Waals surface area contributed by atoms with Crippen LogP contribution >= 0.6 is 11.6 Å². The SMILES string of the molecule is CC(C)NC1CCCCCC1Cl. The van der Waals surface area contributed by atoms with Crippen LogP contribution < -0.4 is 5.32 Å². The van der Waals surface area contributed by atoms with Crippen LogP contribution in [0.25, 0.3) is 0 Å². The van der Waals surface area contributed by atoms with Crippen molar-refractivity contribution in [2.45, 2.75) is 63.4 Å². The van der Waals surface area contributed by atoms with E-state index in [-0.39, 0.29) is 0 Å². The number of alkyl halides is 1. The van der Waals surface area contributed by atoms with E-state index < -0.39 is 0 Å². The Kier molecular flexibility index (Phi) is 4.38. The van der Waals surface area contributed by atoms with Crippen LogP contribution in [-0.2, 0) is 0 Å². The summed E-state index contributed by atoms with van der Waals surface area (Å²) in [5.74, 6) is 0. The van der Waals surface area contributed by atoms with E-state index in [1.807, 2.05) is 0 Å². The molecule has 0 saturated heterocycles. The first-order valence-electron chi connectivity index (χ1n) is 5.10. The summed E-state index contributed by atoms with van der Waals surface area (Å²) < 4.78 is 0. The minimum absolute atomic E-state index is 0.356. The molecule has 1 rings (SSSR count). The lowest BCUT2D eigenvalue weighted by atomic mass is 10.1. The predicted octanol–water partition coefficient (Wildman–Crippen LogP) is 2.92. The van der Waals surface area contributed by atoms with Crippen LogP contribution in [-0.4, -0.2) is 17.5 Å². The van der Waals surface area contributed by atoms with Gasteiger partial charge in [0.2, 0.25) is 0 Å². The van der Waals surface area contributed by atoms with Crippen molar-refractivity contribution in [2.24, 2.45) is 0 Å². The molecule has 0 bridgehead atoms. The summed E-state index contributed by atoms with van der Waals surface area (Å²) >= 11 is 6.27. The van der Waals surface area contributed by atoms with Gasteiger partial charge in [0.15, 0.2) is 0 Å². The van der Waals surface area contributed by atoms with Gasteiger partial charge in [0.1, 0.15) is 0 Å². The quantitative estimate of drug-likeness (QED) is 0.521. The summed E-state index contributed by atoms with van der Waals surface area (Å²) in [5.41, 5.74) is 0. The van der Waals surface area contributed by atoms with Gasteiger partial charge in [-0.3, -0.25) is 0 Å². The van der Waals surface area contributed by atoms with Crippen molar-refractivity contribution < 1.29 is 0 Å². The molecule has 0 spiro atoms. The molecule has 72 valence electrons. The second-order valence-corrected chi connectivity index (χ2v) is 4.64. The average molecular weight is 190 g/mol. The summed E-state index contributed by atoms with van der Waals surface area (Å²) in [4.78, 5) is 0. The zero-order valence-corrected chi connectivity index (χ0v) is 8.90. The van der Waals surface area contributed by atoms with Gasteiger partial charge in [-0.1, -0.05) is 33.1 Å². The van der Waals surface area contributed by atoms with Crippen LogP contribution in [0.5, 0.6) is 0 Å². The number of rotatable bonds is 2. The smallest absolute Gasteiger partial charge is 0.0489 e. The third-order valence-corrected chi connectivity index (χ3v) is 3.00. The summed E-state index contributed by atoms with van der Waals surface area (Å²) in [5, 5.41) is 3.90. The fraction of sp³-hybridized carbons (Fsp3) is 1.00. The van der Waals surface area contributed by atoms with E-state index in [1.54, 1.807) is 0 Å². The maximum absolute atomic E-state index is 6.27. The van der Waals surface area contributed by atoms with Crippen LogP contribution in [0.2, 0.25) is 0 Å². The van der Waals surface area contributed by atoms with Crippen LogP contribution in [0.4, 0.5) is 0 Å². The van der Waals surface area contributed by atoms with Gasteiger partial charge in [0.25, 0.3) is 0 Å². The Morgan fingerprint density at radius 2 is 1.83 bits per heavy atom. The molecular weight excluding hydrogens is 170 g/mol. The third kappa shape index (κ3) is 3.32. The van der Waals surface area contributed by atoms with Crippen LogP contribution in [0.15, 0.2) is 0 Å². The first-order chi connectivity index (χ1) is 5.70. The van der Waals surface area contributed by atoms with Crippen molar-refractivity contribution in [2.75, 3.05) is 0 Å². The average Bonchev–Trinajstić information content (AvgIpc) is 2.16. The second kappa shape index (κ2) is 5.08. The molecule has 2 unspecified atom stereocenters. The van der Waals surface area contributed by atoms with Crippen molar-refractivity contribution in [3.05, 3.63) is 0 Å². The molecule has 0 aliphatic heterocycles. The highest BCUT2D eigenvalue weighted by Gasteiger charge is 2.21. The Balaban J connectivity index is 2.36. The maximum atomic E-state index is 6.27. The second-order valence-electron chi connectivity index (χ2n) is 4.08. The van der Waals surface area contributed by atoms with Gasteiger partial charge in [-0.05, 0) is 12.8 Å². The molecule has 0 radical (unpaired) electrons. The molecule has 0 aromatic rings. The molecule has 1 N–H and O–H groups in total. The van der Waals surface area contributed by atoms with Crippen molar-refractivity contribution in [1.29, 1.82) is 0 Å². The highest BCUT2D eigenvalue weighted by molar-refractivity contribution is 6.21. The van der Waals surface area contributed by atoms with E-state index in [1.165, 1.54) is 32.1 Å². The lowest BCUT2D eigenvalue weighted by Gasteiger charge is -2.23. The largest absolute Gasteiger partial charge is 0.310 e. The van der Waals surface area contributed by atoms with Crippen molar-refractivity contribution in [3.63, 3.8) is 0 Å². The Bertz CT molecular complexity index is 125. The molecule has 1 nitrogen and oxygen atoms in total. The minimum atomic E-state index is 0.356. The Hall–Kier alpha value is 0.250. The molecule has 0 aromatic carbocycles. The summed E-state index contributed by atoms with van der Waals surface area (Å²) in [6.07, 6.45) is 6.45. The van der Waals surface area contributed by atoms with Gasteiger partial charge in [-0.15, -0.1) is 11.6 Å². The normalized spacial score (nSPS) is 32.0. The Morgan fingerprint density at radius 1 is 1.17 bits per heavy atom. The van der Waals surface area contributed by atoms with Gasteiger partial charge in [0.05, 0.1) is 0 Å². The minimum Gasteiger partial charge on any atom is -0.310 e. The molecule has 2 atom stereocenters. The third-order valence-electron chi connectivity index (χ3n) is 2.48. The Labute approximate surface area is 80.9 Å². The summed E-state index contributed by atoms with van der Waals surface area (Å²) in [6, 6.07) is 1.11. The van der Waals surface area contributed by atoms with Gasteiger partial charge in [0, 0.05) is 17.5 Å². The summed E-state index contributed by atoms with van der Waals surface area (Å²) in [7, 11) is 0. The monoisotopic (exact) mass is 189 g/mol. The standard InChI is InChI=1S/C10H20ClN/c1-8(2)12-10-7-5-3-4-6-9(10)11/h8-10,12H,3-7H2,1-2H3.